The topological polar surface area (TPSA) is 71.6 Å². The number of nitrogens with zero attached hydrogens (tertiary/aromatic N) is 4. The third kappa shape index (κ3) is 5.32. The van der Waals surface area contributed by atoms with Crippen molar-refractivity contribution in [3.8, 4) is 0 Å². The Hall–Kier alpha value is -4.23. The van der Waals surface area contributed by atoms with Crippen molar-refractivity contribution in [2.24, 2.45) is 0 Å². The summed E-state index contributed by atoms with van der Waals surface area (Å²) in [6.45, 7) is 4.06. The van der Waals surface area contributed by atoms with Gasteiger partial charge in [-0.2, -0.15) is 0 Å². The van der Waals surface area contributed by atoms with Crippen molar-refractivity contribution in [1.82, 2.24) is 24.2 Å². The van der Waals surface area contributed by atoms with Crippen molar-refractivity contribution in [2.45, 2.75) is 32.5 Å². The largest absolute Gasteiger partial charge is 0.348 e. The maximum Gasteiger partial charge on any atom is 0.276 e. The summed E-state index contributed by atoms with van der Waals surface area (Å²) in [6.07, 6.45) is 4.41. The van der Waals surface area contributed by atoms with Crippen LogP contribution in [0.15, 0.2) is 96.1 Å². The van der Waals surface area contributed by atoms with E-state index < -0.39 is 0 Å². The Bertz CT molecular complexity index is 1570. The number of hydrogen-bond donors (Lipinski definition) is 1. The molecule has 0 aliphatic rings. The van der Waals surface area contributed by atoms with Gasteiger partial charge in [0.25, 0.3) is 11.5 Å². The fourth-order valence-corrected chi connectivity index (χ4v) is 4.76. The molecule has 0 fully saturated rings. The third-order valence-electron chi connectivity index (χ3n) is 6.71. The van der Waals surface area contributed by atoms with Gasteiger partial charge >= 0.3 is 0 Å². The van der Waals surface area contributed by atoms with Crippen LogP contribution in [-0.4, -0.2) is 44.4 Å². The molecule has 0 spiro atoms. The van der Waals surface area contributed by atoms with Gasteiger partial charge in [-0.15, -0.1) is 0 Å². The molecule has 0 aliphatic heterocycles. The number of carbonyl (C=O) groups excluding carboxylic acids is 1. The first kappa shape index (κ1) is 24.5. The highest BCUT2D eigenvalue weighted by molar-refractivity contribution is 5.94. The van der Waals surface area contributed by atoms with Gasteiger partial charge < -0.3 is 14.6 Å². The normalized spacial score (nSPS) is 12.3. The van der Waals surface area contributed by atoms with Gasteiger partial charge in [0, 0.05) is 37.1 Å². The maximum absolute atomic E-state index is 13.2. The lowest BCUT2D eigenvalue weighted by atomic mass is 10.1. The van der Waals surface area contributed by atoms with Gasteiger partial charge in [0.15, 0.2) is 5.65 Å². The summed E-state index contributed by atoms with van der Waals surface area (Å²) in [6, 6.07) is 25.3. The highest BCUT2D eigenvalue weighted by Crippen LogP contribution is 2.15. The average Bonchev–Trinajstić information content (AvgIpc) is 3.42. The summed E-state index contributed by atoms with van der Waals surface area (Å²) in [5.41, 5.74) is 4.80. The van der Waals surface area contributed by atoms with Crippen molar-refractivity contribution < 1.29 is 4.79 Å². The van der Waals surface area contributed by atoms with Gasteiger partial charge in [0.2, 0.25) is 0 Å². The number of pyridine rings is 1. The Morgan fingerprint density at radius 1 is 0.946 bits per heavy atom. The van der Waals surface area contributed by atoms with Crippen molar-refractivity contribution >= 4 is 22.6 Å². The summed E-state index contributed by atoms with van der Waals surface area (Å²) in [4.78, 5) is 32.9. The standard InChI is InChI=1S/C30H31N5O2/c1-3-25(21-33(2)19-22-9-5-4-6-10-22)32-29(36)24-15-13-23(14-16-24)20-35-28-26(11-7-17-31-28)34-18-8-12-27(34)30(35)37/h4-18,25H,3,19-21H2,1-2H3,(H,32,36). The highest BCUT2D eigenvalue weighted by atomic mass is 16.1. The van der Waals surface area contributed by atoms with Crippen LogP contribution in [0, 0.1) is 0 Å². The zero-order valence-corrected chi connectivity index (χ0v) is 21.2. The van der Waals surface area contributed by atoms with Gasteiger partial charge in [-0.3, -0.25) is 14.2 Å². The smallest absolute Gasteiger partial charge is 0.276 e. The van der Waals surface area contributed by atoms with Crippen molar-refractivity contribution in [3.63, 3.8) is 0 Å². The number of fused-ring (bicyclic) bond motifs is 3. The number of nitrogens with one attached hydrogen (secondary N) is 1. The van der Waals surface area contributed by atoms with Gasteiger partial charge in [0.05, 0.1) is 12.1 Å². The van der Waals surface area contributed by atoms with Crippen LogP contribution < -0.4 is 10.9 Å². The molecule has 0 bridgehead atoms. The minimum Gasteiger partial charge on any atom is -0.348 e. The quantitative estimate of drug-likeness (QED) is 0.332. The first-order valence-corrected chi connectivity index (χ1v) is 12.6. The zero-order chi connectivity index (χ0) is 25.8. The SMILES string of the molecule is CCC(CN(C)Cc1ccccc1)NC(=O)c1ccc(Cn2c(=O)c3cccn3c3cccnc32)cc1. The molecule has 0 saturated heterocycles. The highest BCUT2D eigenvalue weighted by Gasteiger charge is 2.16. The van der Waals surface area contributed by atoms with E-state index in [-0.39, 0.29) is 17.5 Å². The lowest BCUT2D eigenvalue weighted by Crippen LogP contribution is -2.42. The summed E-state index contributed by atoms with van der Waals surface area (Å²) in [7, 11) is 2.07. The van der Waals surface area contributed by atoms with E-state index in [0.29, 0.717) is 23.3 Å². The first-order chi connectivity index (χ1) is 18.0. The van der Waals surface area contributed by atoms with E-state index in [1.807, 2.05) is 77.3 Å². The van der Waals surface area contributed by atoms with E-state index in [1.165, 1.54) is 5.56 Å². The number of rotatable bonds is 9. The van der Waals surface area contributed by atoms with Crippen LogP contribution in [0.2, 0.25) is 0 Å². The van der Waals surface area contributed by atoms with Crippen molar-refractivity contribution in [2.75, 3.05) is 13.6 Å². The molecule has 188 valence electrons. The Morgan fingerprint density at radius 3 is 2.46 bits per heavy atom. The molecule has 5 aromatic rings. The molecular weight excluding hydrogens is 462 g/mol. The lowest BCUT2D eigenvalue weighted by Gasteiger charge is -2.24. The van der Waals surface area contributed by atoms with E-state index in [4.69, 9.17) is 0 Å². The molecule has 2 aromatic carbocycles. The van der Waals surface area contributed by atoms with Crippen LogP contribution in [0.5, 0.6) is 0 Å². The molecule has 0 saturated carbocycles. The van der Waals surface area contributed by atoms with E-state index in [9.17, 15) is 9.59 Å². The minimum absolute atomic E-state index is 0.0469. The van der Waals surface area contributed by atoms with E-state index >= 15 is 0 Å². The fraction of sp³-hybridized carbons (Fsp3) is 0.233. The molecule has 1 N–H and O–H groups in total. The second-order valence-corrected chi connectivity index (χ2v) is 9.46. The second kappa shape index (κ2) is 10.8. The summed E-state index contributed by atoms with van der Waals surface area (Å²) >= 11 is 0. The van der Waals surface area contributed by atoms with Gasteiger partial charge in [0.1, 0.15) is 5.52 Å². The van der Waals surface area contributed by atoms with Gasteiger partial charge in [-0.1, -0.05) is 49.4 Å². The number of carbonyl (C=O) groups is 1. The molecule has 0 aliphatic carbocycles. The molecule has 1 amide bonds. The van der Waals surface area contributed by atoms with Crippen molar-refractivity contribution in [3.05, 3.63) is 118 Å². The lowest BCUT2D eigenvalue weighted by molar-refractivity contribution is 0.0926. The number of amides is 1. The Balaban J connectivity index is 1.28. The molecule has 3 heterocycles. The van der Waals surface area contributed by atoms with Crippen LogP contribution in [-0.2, 0) is 13.1 Å². The molecule has 3 aromatic heterocycles. The molecule has 7 nitrogen and oxygen atoms in total. The minimum atomic E-state index is -0.0940. The van der Waals surface area contributed by atoms with Crippen LogP contribution >= 0.6 is 0 Å². The third-order valence-corrected chi connectivity index (χ3v) is 6.71. The maximum atomic E-state index is 13.2. The Morgan fingerprint density at radius 2 is 1.70 bits per heavy atom. The summed E-state index contributed by atoms with van der Waals surface area (Å²) < 4.78 is 3.56. The predicted molar refractivity (Wildman–Crippen MR) is 147 cm³/mol. The zero-order valence-electron chi connectivity index (χ0n) is 21.2. The molecule has 1 unspecified atom stereocenters. The number of hydrogen-bond acceptors (Lipinski definition) is 4. The van der Waals surface area contributed by atoms with Gasteiger partial charge in [-0.05, 0) is 61.0 Å². The van der Waals surface area contributed by atoms with E-state index in [1.54, 1.807) is 10.8 Å². The average molecular weight is 494 g/mol. The molecule has 7 heteroatoms. The predicted octanol–water partition coefficient (Wildman–Crippen LogP) is 4.34. The summed E-state index contributed by atoms with van der Waals surface area (Å²) in [5, 5.41) is 3.17. The van der Waals surface area contributed by atoms with Gasteiger partial charge in [-0.25, -0.2) is 4.98 Å². The molecular formula is C30H31N5O2. The number of aromatic nitrogens is 3. The van der Waals surface area contributed by atoms with E-state index in [2.05, 4.69) is 41.3 Å². The van der Waals surface area contributed by atoms with E-state index in [0.717, 1.165) is 30.6 Å². The second-order valence-electron chi connectivity index (χ2n) is 9.46. The first-order valence-electron chi connectivity index (χ1n) is 12.6. The van der Waals surface area contributed by atoms with Crippen LogP contribution in [0.1, 0.15) is 34.8 Å². The number of benzene rings is 2. The van der Waals surface area contributed by atoms with Crippen molar-refractivity contribution in [1.29, 1.82) is 0 Å². The molecule has 37 heavy (non-hydrogen) atoms. The molecule has 5 rings (SSSR count). The fourth-order valence-electron chi connectivity index (χ4n) is 4.76. The van der Waals surface area contributed by atoms with Crippen LogP contribution in [0.25, 0.3) is 16.7 Å². The molecule has 0 radical (unpaired) electrons. The monoisotopic (exact) mass is 493 g/mol. The molecule has 1 atom stereocenters. The summed E-state index contributed by atoms with van der Waals surface area (Å²) in [5.74, 6) is -0.0922. The Labute approximate surface area is 216 Å². The Kier molecular flexibility index (Phi) is 7.14. The van der Waals surface area contributed by atoms with Crippen LogP contribution in [0.4, 0.5) is 0 Å². The van der Waals surface area contributed by atoms with Crippen LogP contribution in [0.3, 0.4) is 0 Å². The number of likely N-dealkylation sites (N-methyl/N-ethyl adjacent to an activating group) is 1.